The summed E-state index contributed by atoms with van der Waals surface area (Å²) < 4.78 is 23.2. The predicted octanol–water partition coefficient (Wildman–Crippen LogP) is -1.26. The molecule has 0 aromatic heterocycles. The number of rotatable bonds is 2. The fourth-order valence-corrected chi connectivity index (χ4v) is 0.722. The van der Waals surface area contributed by atoms with E-state index in [4.69, 9.17) is 17.0 Å². The second kappa shape index (κ2) is 8.25. The summed E-state index contributed by atoms with van der Waals surface area (Å²) in [6, 6.07) is 9.00. The van der Waals surface area contributed by atoms with Gasteiger partial charge >= 0.3 is 27.2 Å². The van der Waals surface area contributed by atoms with Crippen molar-refractivity contribution in [3.63, 3.8) is 0 Å². The molecule has 6 nitrogen and oxygen atoms in total. The normalized spacial score (nSPS) is 9.07. The molecule has 0 aliphatic carbocycles. The standard InChI is InChI=1S/C8H9NO2.AsH3O3/c10-6-8(11)9-7-4-2-1-3-5-7;2-1(3)4/h1-5,10H,6H2,(H,9,11);1H,(H2,2,3,4). The van der Waals surface area contributed by atoms with Crippen molar-refractivity contribution in [3.05, 3.63) is 30.3 Å². The van der Waals surface area contributed by atoms with Gasteiger partial charge in [0.05, 0.1) is 0 Å². The van der Waals surface area contributed by atoms with E-state index < -0.39 is 27.8 Å². The van der Waals surface area contributed by atoms with Gasteiger partial charge in [-0.2, -0.15) is 0 Å². The van der Waals surface area contributed by atoms with Crippen LogP contribution in [-0.4, -0.2) is 41.1 Å². The molecular weight excluding hydrogens is 265 g/mol. The second-order valence-electron chi connectivity index (χ2n) is 2.35. The van der Waals surface area contributed by atoms with Crippen LogP contribution in [0.2, 0.25) is 0 Å². The third-order valence-corrected chi connectivity index (χ3v) is 1.20. The maximum atomic E-state index is 10.6. The Morgan fingerprint density at radius 2 is 1.73 bits per heavy atom. The van der Waals surface area contributed by atoms with Gasteiger partial charge in [-0.15, -0.1) is 0 Å². The fraction of sp³-hybridized carbons (Fsp3) is 0.125. The van der Waals surface area contributed by atoms with Crippen LogP contribution in [0.1, 0.15) is 0 Å². The van der Waals surface area contributed by atoms with Crippen LogP contribution in [-0.2, 0) is 8.53 Å². The molecule has 0 unspecified atom stereocenters. The molecule has 0 aliphatic heterocycles. The molecule has 0 saturated heterocycles. The zero-order valence-corrected chi connectivity index (χ0v) is 9.85. The number of aliphatic hydroxyl groups is 1. The molecule has 1 amide bonds. The number of carbonyl (C=O) groups excluding carboxylic acids is 1. The van der Waals surface area contributed by atoms with Crippen LogP contribution in [0.4, 0.5) is 5.69 Å². The Kier molecular flexibility index (Phi) is 7.66. The number of para-hydroxylation sites is 1. The van der Waals surface area contributed by atoms with Crippen molar-refractivity contribution in [1.29, 1.82) is 0 Å². The Bertz CT molecular complexity index is 312. The van der Waals surface area contributed by atoms with E-state index in [0.717, 1.165) is 0 Å². The molecule has 0 fully saturated rings. The minimum absolute atomic E-state index is 0.392. The van der Waals surface area contributed by atoms with Crippen molar-refractivity contribution in [2.75, 3.05) is 11.9 Å². The topological polar surface area (TPSA) is 107 Å². The monoisotopic (exact) mass is 277 g/mol. The maximum absolute atomic E-state index is 10.6. The number of nitrogens with one attached hydrogen (secondary N) is 1. The van der Waals surface area contributed by atoms with Gasteiger partial charge in [0.25, 0.3) is 0 Å². The van der Waals surface area contributed by atoms with E-state index in [-0.39, 0.29) is 0 Å². The quantitative estimate of drug-likeness (QED) is 0.505. The van der Waals surface area contributed by atoms with Crippen LogP contribution in [0.15, 0.2) is 30.3 Å². The zero-order valence-electron chi connectivity index (χ0n) is 7.75. The molecule has 0 saturated carbocycles. The number of hydrogen-bond acceptors (Lipinski definition) is 3. The molecule has 0 atom stereocenters. The Morgan fingerprint density at radius 3 is 2.13 bits per heavy atom. The third kappa shape index (κ3) is 9.24. The van der Waals surface area contributed by atoms with Crippen LogP contribution < -0.4 is 5.32 Å². The van der Waals surface area contributed by atoms with Crippen molar-refractivity contribution in [3.8, 4) is 0 Å². The molecule has 1 aromatic carbocycles. The van der Waals surface area contributed by atoms with Crippen molar-refractivity contribution >= 4 is 26.9 Å². The van der Waals surface area contributed by atoms with Gasteiger partial charge in [0.2, 0.25) is 5.91 Å². The number of benzene rings is 1. The molecule has 15 heavy (non-hydrogen) atoms. The molecule has 4 N–H and O–H groups in total. The summed E-state index contributed by atoms with van der Waals surface area (Å²) in [7, 11) is 0. The van der Waals surface area contributed by atoms with Crippen molar-refractivity contribution in [2.24, 2.45) is 0 Å². The van der Waals surface area contributed by atoms with Gasteiger partial charge in [-0.1, -0.05) is 18.2 Å². The molecule has 1 rings (SSSR count). The SMILES string of the molecule is O=C(CO)Nc1ccccc1.O=[AsH](O)O. The third-order valence-electron chi connectivity index (χ3n) is 1.20. The first-order valence-corrected chi connectivity index (χ1v) is 6.67. The molecule has 7 heteroatoms. The van der Waals surface area contributed by atoms with E-state index in [1.807, 2.05) is 18.2 Å². The first-order valence-electron chi connectivity index (χ1n) is 3.94. The summed E-state index contributed by atoms with van der Waals surface area (Å²) in [4.78, 5) is 10.6. The van der Waals surface area contributed by atoms with Gasteiger partial charge in [-0.3, -0.25) is 4.79 Å². The van der Waals surface area contributed by atoms with Gasteiger partial charge in [-0.25, -0.2) is 0 Å². The molecule has 0 heterocycles. The van der Waals surface area contributed by atoms with Gasteiger partial charge in [0.1, 0.15) is 6.61 Å². The molecule has 0 bridgehead atoms. The summed E-state index contributed by atoms with van der Waals surface area (Å²) in [5.74, 6) is -0.392. The van der Waals surface area contributed by atoms with E-state index in [1.54, 1.807) is 12.1 Å². The summed E-state index contributed by atoms with van der Waals surface area (Å²) in [5.41, 5.74) is 0.701. The Labute approximate surface area is 91.4 Å². The summed E-state index contributed by atoms with van der Waals surface area (Å²) in [6.07, 6.45) is 0. The fourth-order valence-electron chi connectivity index (χ4n) is 0.722. The van der Waals surface area contributed by atoms with Crippen molar-refractivity contribution < 1.29 is 21.8 Å². The van der Waals surface area contributed by atoms with Crippen molar-refractivity contribution in [1.82, 2.24) is 0 Å². The average Bonchev–Trinajstić information content (AvgIpc) is 2.18. The summed E-state index contributed by atoms with van der Waals surface area (Å²) in [6.45, 7) is -0.477. The second-order valence-corrected chi connectivity index (χ2v) is 3.54. The first-order chi connectivity index (χ1) is 7.06. The van der Waals surface area contributed by atoms with Crippen molar-refractivity contribution in [2.45, 2.75) is 0 Å². The minimum atomic E-state index is -3.58. The van der Waals surface area contributed by atoms with Gasteiger partial charge < -0.3 is 10.4 Å². The molecule has 1 aromatic rings. The molecule has 0 aliphatic rings. The summed E-state index contributed by atoms with van der Waals surface area (Å²) in [5, 5.41) is 10.9. The van der Waals surface area contributed by atoms with Crippen LogP contribution in [0.25, 0.3) is 0 Å². The molecule has 0 radical (unpaired) electrons. The Morgan fingerprint density at radius 1 is 1.27 bits per heavy atom. The Balaban J connectivity index is 0.000000423. The van der Waals surface area contributed by atoms with E-state index in [1.165, 1.54) is 0 Å². The molecule has 0 spiro atoms. The van der Waals surface area contributed by atoms with Crippen LogP contribution in [0, 0.1) is 0 Å². The Hall–Kier alpha value is -1.07. The van der Waals surface area contributed by atoms with Gasteiger partial charge in [-0.05, 0) is 12.1 Å². The number of amides is 1. The van der Waals surface area contributed by atoms with E-state index >= 15 is 0 Å². The zero-order chi connectivity index (χ0) is 11.7. The van der Waals surface area contributed by atoms with E-state index in [9.17, 15) is 4.79 Å². The predicted molar refractivity (Wildman–Crippen MR) is 54.4 cm³/mol. The summed E-state index contributed by atoms with van der Waals surface area (Å²) >= 11 is -3.58. The number of aliphatic hydroxyl groups excluding tert-OH is 1. The average molecular weight is 277 g/mol. The van der Waals surface area contributed by atoms with E-state index in [0.29, 0.717) is 5.69 Å². The number of carbonyl (C=O) groups is 1. The molecule has 84 valence electrons. The first kappa shape index (κ1) is 13.9. The van der Waals surface area contributed by atoms with E-state index in [2.05, 4.69) is 5.32 Å². The van der Waals surface area contributed by atoms with Gasteiger partial charge in [0, 0.05) is 5.69 Å². The van der Waals surface area contributed by atoms with Crippen LogP contribution in [0.5, 0.6) is 0 Å². The van der Waals surface area contributed by atoms with Crippen LogP contribution in [0.3, 0.4) is 0 Å². The number of hydrogen-bond donors (Lipinski definition) is 4. The van der Waals surface area contributed by atoms with Crippen LogP contribution >= 0.6 is 0 Å². The number of anilines is 1. The molecular formula is C8H12AsNO5. The van der Waals surface area contributed by atoms with Gasteiger partial charge in [0.15, 0.2) is 0 Å².